The van der Waals surface area contributed by atoms with E-state index in [0.717, 1.165) is 16.7 Å². The number of sulfonamides is 1. The molecule has 0 bridgehead atoms. The standard InChI is InChI=1S/C9H13ClN4O3S/c1-6(2)14(5-8(11)15)18(16,17)7-3-12-9(10)13-4-7/h3-4,6H,5H2,1-2H3,(H2,11,15). The highest BCUT2D eigenvalue weighted by molar-refractivity contribution is 7.89. The van der Waals surface area contributed by atoms with Gasteiger partial charge in [0.15, 0.2) is 0 Å². The lowest BCUT2D eigenvalue weighted by molar-refractivity contribution is -0.118. The fourth-order valence-corrected chi connectivity index (χ4v) is 2.86. The molecule has 100 valence electrons. The molecule has 1 amide bonds. The molecule has 2 N–H and O–H groups in total. The molecule has 0 unspecified atom stereocenters. The maximum Gasteiger partial charge on any atom is 0.246 e. The Morgan fingerprint density at radius 1 is 1.44 bits per heavy atom. The maximum atomic E-state index is 12.2. The van der Waals surface area contributed by atoms with E-state index in [0.29, 0.717) is 0 Å². The van der Waals surface area contributed by atoms with Gasteiger partial charge in [0.1, 0.15) is 4.90 Å². The van der Waals surface area contributed by atoms with Crippen LogP contribution >= 0.6 is 11.6 Å². The fraction of sp³-hybridized carbons (Fsp3) is 0.444. The Bertz CT molecular complexity index is 529. The monoisotopic (exact) mass is 292 g/mol. The average Bonchev–Trinajstić information content (AvgIpc) is 2.25. The van der Waals surface area contributed by atoms with Crippen molar-refractivity contribution in [1.82, 2.24) is 14.3 Å². The van der Waals surface area contributed by atoms with Gasteiger partial charge in [-0.25, -0.2) is 18.4 Å². The number of carbonyl (C=O) groups excluding carboxylic acids is 1. The summed E-state index contributed by atoms with van der Waals surface area (Å²) in [7, 11) is -3.86. The Kier molecular flexibility index (Phi) is 4.60. The number of amides is 1. The first-order valence-corrected chi connectivity index (χ1v) is 6.84. The topological polar surface area (TPSA) is 106 Å². The Hall–Kier alpha value is -1.25. The SMILES string of the molecule is CC(C)N(CC(N)=O)S(=O)(=O)c1cnc(Cl)nc1. The van der Waals surface area contributed by atoms with Crippen LogP contribution < -0.4 is 5.73 Å². The number of halogens is 1. The Balaban J connectivity index is 3.16. The van der Waals surface area contributed by atoms with Gasteiger partial charge in [-0.3, -0.25) is 4.79 Å². The van der Waals surface area contributed by atoms with Crippen molar-refractivity contribution in [3.8, 4) is 0 Å². The summed E-state index contributed by atoms with van der Waals surface area (Å²) >= 11 is 5.48. The summed E-state index contributed by atoms with van der Waals surface area (Å²) in [6.07, 6.45) is 2.17. The van der Waals surface area contributed by atoms with Crippen LogP contribution in [0.4, 0.5) is 0 Å². The fourth-order valence-electron chi connectivity index (χ4n) is 1.27. The van der Waals surface area contributed by atoms with Gasteiger partial charge in [-0.1, -0.05) is 0 Å². The predicted molar refractivity (Wildman–Crippen MR) is 65.3 cm³/mol. The minimum absolute atomic E-state index is 0.0556. The molecule has 0 atom stereocenters. The van der Waals surface area contributed by atoms with E-state index in [4.69, 9.17) is 17.3 Å². The van der Waals surface area contributed by atoms with Crippen LogP contribution in [0.1, 0.15) is 13.8 Å². The first-order chi connectivity index (χ1) is 8.25. The van der Waals surface area contributed by atoms with Gasteiger partial charge in [-0.2, -0.15) is 4.31 Å². The summed E-state index contributed by atoms with van der Waals surface area (Å²) in [6.45, 7) is 2.87. The molecule has 1 aromatic rings. The number of aromatic nitrogens is 2. The smallest absolute Gasteiger partial charge is 0.246 e. The van der Waals surface area contributed by atoms with Crippen molar-refractivity contribution in [2.24, 2.45) is 5.73 Å². The normalized spacial score (nSPS) is 12.1. The van der Waals surface area contributed by atoms with Gasteiger partial charge in [0.25, 0.3) is 0 Å². The van der Waals surface area contributed by atoms with Gasteiger partial charge in [0.2, 0.25) is 21.2 Å². The van der Waals surface area contributed by atoms with Crippen LogP contribution in [-0.2, 0) is 14.8 Å². The molecule has 18 heavy (non-hydrogen) atoms. The lowest BCUT2D eigenvalue weighted by Crippen LogP contribution is -2.42. The summed E-state index contributed by atoms with van der Waals surface area (Å²) in [5.74, 6) is -0.734. The molecule has 0 radical (unpaired) electrons. The zero-order chi connectivity index (χ0) is 13.9. The van der Waals surface area contributed by atoms with Crippen molar-refractivity contribution in [1.29, 1.82) is 0 Å². The van der Waals surface area contributed by atoms with Crippen LogP contribution in [0.15, 0.2) is 17.3 Å². The van der Waals surface area contributed by atoms with E-state index in [1.54, 1.807) is 13.8 Å². The van der Waals surface area contributed by atoms with E-state index in [1.165, 1.54) is 0 Å². The number of carbonyl (C=O) groups is 1. The lowest BCUT2D eigenvalue weighted by atomic mass is 10.4. The molecule has 0 aliphatic carbocycles. The molecule has 0 fully saturated rings. The zero-order valence-corrected chi connectivity index (χ0v) is 11.4. The highest BCUT2D eigenvalue weighted by Crippen LogP contribution is 2.16. The van der Waals surface area contributed by atoms with Gasteiger partial charge < -0.3 is 5.73 Å². The highest BCUT2D eigenvalue weighted by Gasteiger charge is 2.28. The number of hydrogen-bond donors (Lipinski definition) is 1. The second-order valence-corrected chi connectivity index (χ2v) is 6.03. The zero-order valence-electron chi connectivity index (χ0n) is 9.87. The number of nitrogens with zero attached hydrogens (tertiary/aromatic N) is 3. The van der Waals surface area contributed by atoms with Gasteiger partial charge in [-0.05, 0) is 25.4 Å². The molecular formula is C9H13ClN4O3S. The molecule has 7 nitrogen and oxygen atoms in total. The van der Waals surface area contributed by atoms with Crippen molar-refractivity contribution in [2.45, 2.75) is 24.8 Å². The van der Waals surface area contributed by atoms with E-state index in [2.05, 4.69) is 9.97 Å². The van der Waals surface area contributed by atoms with Crippen LogP contribution in [0.2, 0.25) is 5.28 Å². The first-order valence-electron chi connectivity index (χ1n) is 5.03. The minimum atomic E-state index is -3.86. The molecule has 1 rings (SSSR count). The highest BCUT2D eigenvalue weighted by atomic mass is 35.5. The number of primary amides is 1. The molecule has 0 saturated carbocycles. The second kappa shape index (κ2) is 5.59. The molecule has 1 aromatic heterocycles. The Morgan fingerprint density at radius 3 is 2.33 bits per heavy atom. The average molecular weight is 293 g/mol. The Labute approximate surface area is 110 Å². The molecular weight excluding hydrogens is 280 g/mol. The van der Waals surface area contributed by atoms with Crippen molar-refractivity contribution in [2.75, 3.05) is 6.54 Å². The molecule has 0 aliphatic rings. The van der Waals surface area contributed by atoms with E-state index < -0.39 is 28.5 Å². The Morgan fingerprint density at radius 2 is 1.94 bits per heavy atom. The van der Waals surface area contributed by atoms with E-state index in [1.807, 2.05) is 0 Å². The molecule has 0 saturated heterocycles. The van der Waals surface area contributed by atoms with Gasteiger partial charge >= 0.3 is 0 Å². The predicted octanol–water partition coefficient (Wildman–Crippen LogP) is 0.0144. The van der Waals surface area contributed by atoms with Crippen molar-refractivity contribution < 1.29 is 13.2 Å². The van der Waals surface area contributed by atoms with Crippen LogP contribution in [0.5, 0.6) is 0 Å². The van der Waals surface area contributed by atoms with E-state index in [9.17, 15) is 13.2 Å². The first kappa shape index (κ1) is 14.8. The van der Waals surface area contributed by atoms with Crippen molar-refractivity contribution in [3.05, 3.63) is 17.7 Å². The largest absolute Gasteiger partial charge is 0.369 e. The lowest BCUT2D eigenvalue weighted by Gasteiger charge is -2.24. The number of hydrogen-bond acceptors (Lipinski definition) is 5. The van der Waals surface area contributed by atoms with E-state index >= 15 is 0 Å². The molecule has 1 heterocycles. The van der Waals surface area contributed by atoms with Crippen LogP contribution in [0, 0.1) is 0 Å². The van der Waals surface area contributed by atoms with Crippen molar-refractivity contribution >= 4 is 27.5 Å². The van der Waals surface area contributed by atoms with Gasteiger partial charge in [-0.15, -0.1) is 0 Å². The third-order valence-corrected chi connectivity index (χ3v) is 4.26. The summed E-state index contributed by atoms with van der Waals surface area (Å²) in [6, 6.07) is -0.418. The third-order valence-electron chi connectivity index (χ3n) is 2.09. The van der Waals surface area contributed by atoms with Crippen LogP contribution in [0.25, 0.3) is 0 Å². The van der Waals surface area contributed by atoms with Crippen LogP contribution in [-0.4, -0.2) is 41.2 Å². The van der Waals surface area contributed by atoms with Gasteiger partial charge in [0.05, 0.1) is 18.9 Å². The second-order valence-electron chi connectivity index (χ2n) is 3.80. The maximum absolute atomic E-state index is 12.2. The minimum Gasteiger partial charge on any atom is -0.369 e. The molecule has 0 aliphatic heterocycles. The number of rotatable bonds is 5. The third kappa shape index (κ3) is 3.37. The van der Waals surface area contributed by atoms with E-state index in [-0.39, 0.29) is 10.2 Å². The van der Waals surface area contributed by atoms with Crippen LogP contribution in [0.3, 0.4) is 0 Å². The van der Waals surface area contributed by atoms with Gasteiger partial charge in [0, 0.05) is 6.04 Å². The quantitative estimate of drug-likeness (QED) is 0.770. The summed E-state index contributed by atoms with van der Waals surface area (Å²) in [5.41, 5.74) is 5.03. The number of nitrogens with two attached hydrogens (primary N) is 1. The summed E-state index contributed by atoms with van der Waals surface area (Å²) in [4.78, 5) is 18.0. The molecule has 0 aromatic carbocycles. The molecule has 9 heteroatoms. The summed E-state index contributed by atoms with van der Waals surface area (Å²) in [5, 5.41) is -0.0556. The molecule has 0 spiro atoms. The summed E-state index contributed by atoms with van der Waals surface area (Å²) < 4.78 is 25.4. The van der Waals surface area contributed by atoms with Crippen molar-refractivity contribution in [3.63, 3.8) is 0 Å².